The van der Waals surface area contributed by atoms with Gasteiger partial charge in [-0.3, -0.25) is 9.89 Å². The van der Waals surface area contributed by atoms with Crippen molar-refractivity contribution in [3.8, 4) is 17.0 Å². The van der Waals surface area contributed by atoms with Crippen LogP contribution in [0.4, 0.5) is 0 Å². The minimum atomic E-state index is -0.0500. The second-order valence-corrected chi connectivity index (χ2v) is 8.06. The van der Waals surface area contributed by atoms with Crippen molar-refractivity contribution < 1.29 is 9.53 Å². The summed E-state index contributed by atoms with van der Waals surface area (Å²) in [5, 5.41) is 16.0. The van der Waals surface area contributed by atoms with Crippen LogP contribution < -0.4 is 10.1 Å². The van der Waals surface area contributed by atoms with Crippen molar-refractivity contribution >= 4 is 22.9 Å². The molecule has 8 heteroatoms. The van der Waals surface area contributed by atoms with E-state index < -0.39 is 0 Å². The average Bonchev–Trinajstić information content (AvgIpc) is 3.39. The number of unbranched alkanes of at least 4 members (excludes halogenated alkanes) is 1. The van der Waals surface area contributed by atoms with E-state index in [4.69, 9.17) is 4.74 Å². The molecule has 3 aromatic rings. The molecule has 0 saturated heterocycles. The summed E-state index contributed by atoms with van der Waals surface area (Å²) in [4.78, 5) is 15.1. The molecule has 0 aliphatic carbocycles. The van der Waals surface area contributed by atoms with Crippen LogP contribution in [0.5, 0.6) is 5.88 Å². The lowest BCUT2D eigenvalue weighted by Gasteiger charge is -2.20. The van der Waals surface area contributed by atoms with Crippen LogP contribution in [0.3, 0.4) is 0 Å². The van der Waals surface area contributed by atoms with E-state index in [1.807, 2.05) is 50.7 Å². The number of ether oxygens (including phenoxy) is 1. The molecule has 0 fully saturated rings. The van der Waals surface area contributed by atoms with E-state index in [0.717, 1.165) is 46.1 Å². The minimum absolute atomic E-state index is 0.0500. The highest BCUT2D eigenvalue weighted by Gasteiger charge is 2.19. The molecule has 8 nitrogen and oxygen atoms in total. The summed E-state index contributed by atoms with van der Waals surface area (Å²) >= 11 is 0. The van der Waals surface area contributed by atoms with Crippen molar-refractivity contribution in [3.63, 3.8) is 0 Å². The van der Waals surface area contributed by atoms with Crippen molar-refractivity contribution in [2.24, 2.45) is 7.05 Å². The maximum Gasteiger partial charge on any atom is 0.254 e. The number of allylic oxidation sites excluding steroid dienone is 2. The Hall–Kier alpha value is -3.81. The van der Waals surface area contributed by atoms with Gasteiger partial charge >= 0.3 is 0 Å². The van der Waals surface area contributed by atoms with Gasteiger partial charge in [0.15, 0.2) is 0 Å². The number of aromatic nitrogens is 4. The molecular formula is C25H30N6O2. The number of benzene rings is 1. The number of aryl methyl sites for hydroxylation is 1. The molecule has 0 unspecified atom stereocenters. The molecule has 0 spiro atoms. The minimum Gasteiger partial charge on any atom is -0.476 e. The van der Waals surface area contributed by atoms with E-state index in [2.05, 4.69) is 33.6 Å². The fraction of sp³-hybridized carbons (Fsp3) is 0.320. The summed E-state index contributed by atoms with van der Waals surface area (Å²) < 4.78 is 7.83. The van der Waals surface area contributed by atoms with Crippen molar-refractivity contribution in [3.05, 3.63) is 59.6 Å². The number of rotatable bonds is 3. The largest absolute Gasteiger partial charge is 0.476 e. The molecule has 1 amide bonds. The van der Waals surface area contributed by atoms with E-state index in [-0.39, 0.29) is 5.91 Å². The topological polar surface area (TPSA) is 88.1 Å². The molecule has 0 radical (unpaired) electrons. The lowest BCUT2D eigenvalue weighted by molar-refractivity contribution is -0.125. The van der Waals surface area contributed by atoms with Gasteiger partial charge in [-0.15, -0.1) is 0 Å². The molecule has 1 aromatic carbocycles. The molecule has 2 N–H and O–H groups in total. The number of H-pyrrole nitrogens is 1. The highest BCUT2D eigenvalue weighted by atomic mass is 16.5. The number of carbonyl (C=O) groups excluding carboxylic acids is 1. The molecule has 1 aliphatic rings. The van der Waals surface area contributed by atoms with Crippen LogP contribution in [0.2, 0.25) is 0 Å². The van der Waals surface area contributed by atoms with Gasteiger partial charge in [-0.05, 0) is 30.2 Å². The van der Waals surface area contributed by atoms with Crippen molar-refractivity contribution in [1.82, 2.24) is 30.2 Å². The third-order valence-corrected chi connectivity index (χ3v) is 5.70. The first-order chi connectivity index (χ1) is 16.0. The van der Waals surface area contributed by atoms with Crippen LogP contribution in [-0.2, 0) is 11.8 Å². The highest BCUT2D eigenvalue weighted by molar-refractivity contribution is 5.99. The molecule has 2 bridgehead atoms. The summed E-state index contributed by atoms with van der Waals surface area (Å²) in [7, 11) is 5.48. The van der Waals surface area contributed by atoms with E-state index in [9.17, 15) is 4.79 Å². The van der Waals surface area contributed by atoms with Crippen LogP contribution in [0.15, 0.2) is 53.9 Å². The Bertz CT molecular complexity index is 1250. The second kappa shape index (κ2) is 9.77. The first-order valence-electron chi connectivity index (χ1n) is 11.2. The Labute approximate surface area is 193 Å². The third kappa shape index (κ3) is 4.55. The van der Waals surface area contributed by atoms with E-state index in [0.29, 0.717) is 24.6 Å². The zero-order valence-corrected chi connectivity index (χ0v) is 19.6. The van der Waals surface area contributed by atoms with Crippen LogP contribution in [0.1, 0.15) is 25.5 Å². The number of aromatic amines is 1. The Balaban J connectivity index is 1.87. The molecule has 172 valence electrons. The van der Waals surface area contributed by atoms with Gasteiger partial charge in [-0.2, -0.15) is 10.2 Å². The van der Waals surface area contributed by atoms with Crippen LogP contribution in [0, 0.1) is 0 Å². The quantitative estimate of drug-likeness (QED) is 0.600. The molecule has 0 saturated carbocycles. The molecule has 4 rings (SSSR count). The normalized spacial score (nSPS) is 18.3. The fourth-order valence-corrected chi connectivity index (χ4v) is 3.87. The average molecular weight is 447 g/mol. The number of hydrogen-bond acceptors (Lipinski definition) is 5. The lowest BCUT2D eigenvalue weighted by Crippen LogP contribution is -2.32. The molecule has 0 atom stereocenters. The summed E-state index contributed by atoms with van der Waals surface area (Å²) in [6.45, 7) is 2.90. The van der Waals surface area contributed by atoms with Crippen molar-refractivity contribution in [1.29, 1.82) is 0 Å². The molecular weight excluding hydrogens is 416 g/mol. The number of carbonyl (C=O) groups is 1. The number of nitrogens with one attached hydrogen (secondary N) is 2. The van der Waals surface area contributed by atoms with Crippen LogP contribution in [-0.4, -0.2) is 58.0 Å². The SMILES string of the molecule is CCC\C=C1/C(=O)N(C)CCOc2c(cnn2C)-c2ccc3[nH]nc(c3c2)/C=C/C1=C/NC. The van der Waals surface area contributed by atoms with Gasteiger partial charge in [0, 0.05) is 43.9 Å². The number of hydrogen-bond donors (Lipinski definition) is 2. The number of nitrogens with zero attached hydrogens (tertiary/aromatic N) is 4. The summed E-state index contributed by atoms with van der Waals surface area (Å²) in [5.74, 6) is 0.620. The smallest absolute Gasteiger partial charge is 0.254 e. The van der Waals surface area contributed by atoms with Gasteiger partial charge in [0.25, 0.3) is 5.91 Å². The van der Waals surface area contributed by atoms with E-state index in [1.54, 1.807) is 22.8 Å². The predicted octanol–water partition coefficient (Wildman–Crippen LogP) is 3.66. The maximum atomic E-state index is 13.4. The first-order valence-corrected chi connectivity index (χ1v) is 11.2. The van der Waals surface area contributed by atoms with Gasteiger partial charge < -0.3 is 15.0 Å². The van der Waals surface area contributed by atoms with Crippen molar-refractivity contribution in [2.45, 2.75) is 19.8 Å². The number of fused-ring (bicyclic) bond motifs is 3. The second-order valence-electron chi connectivity index (χ2n) is 8.06. The monoisotopic (exact) mass is 446 g/mol. The molecule has 3 heterocycles. The van der Waals surface area contributed by atoms with Gasteiger partial charge in [0.1, 0.15) is 6.61 Å². The fourth-order valence-electron chi connectivity index (χ4n) is 3.87. The Morgan fingerprint density at radius 3 is 2.91 bits per heavy atom. The predicted molar refractivity (Wildman–Crippen MR) is 131 cm³/mol. The molecule has 33 heavy (non-hydrogen) atoms. The van der Waals surface area contributed by atoms with Gasteiger partial charge in [-0.1, -0.05) is 31.6 Å². The lowest BCUT2D eigenvalue weighted by atomic mass is 10.0. The standard InChI is InChI=1S/C25H30N6O2/c1-5-6-7-19-18(15-26-2)9-11-23-20-14-17(8-10-22(20)28-29-23)21-16-27-31(4)25(21)33-13-12-30(3)24(19)32/h7-11,14-16,26H,5-6,12-13H2,1-4H3,(H,28,29)/b11-9+,18-15-,19-7-. The highest BCUT2D eigenvalue weighted by Crippen LogP contribution is 2.32. The molecule has 1 aliphatic heterocycles. The number of likely N-dealkylation sites (N-methyl/N-ethyl adjacent to an activating group) is 1. The third-order valence-electron chi connectivity index (χ3n) is 5.70. The molecule has 2 aromatic heterocycles. The van der Waals surface area contributed by atoms with Crippen LogP contribution in [0.25, 0.3) is 28.1 Å². The van der Waals surface area contributed by atoms with E-state index >= 15 is 0 Å². The number of amides is 1. The van der Waals surface area contributed by atoms with E-state index in [1.165, 1.54) is 0 Å². The first kappa shape index (κ1) is 22.4. The van der Waals surface area contributed by atoms with Gasteiger partial charge in [0.2, 0.25) is 5.88 Å². The van der Waals surface area contributed by atoms with Crippen LogP contribution >= 0.6 is 0 Å². The van der Waals surface area contributed by atoms with Gasteiger partial charge in [-0.25, -0.2) is 4.68 Å². The zero-order valence-electron chi connectivity index (χ0n) is 19.6. The zero-order chi connectivity index (χ0) is 23.4. The Kier molecular flexibility index (Phi) is 6.63. The van der Waals surface area contributed by atoms with Gasteiger partial charge in [0.05, 0.1) is 29.5 Å². The summed E-state index contributed by atoms with van der Waals surface area (Å²) in [6.07, 6.45) is 11.3. The Morgan fingerprint density at radius 1 is 1.27 bits per heavy atom. The van der Waals surface area contributed by atoms with Crippen molar-refractivity contribution in [2.75, 3.05) is 27.2 Å². The maximum absolute atomic E-state index is 13.4. The summed E-state index contributed by atoms with van der Waals surface area (Å²) in [6, 6.07) is 6.14. The summed E-state index contributed by atoms with van der Waals surface area (Å²) in [5.41, 5.74) is 5.09. The Morgan fingerprint density at radius 2 is 2.12 bits per heavy atom.